The lowest BCUT2D eigenvalue weighted by Gasteiger charge is -2.25. The molecule has 0 aliphatic heterocycles. The highest BCUT2D eigenvalue weighted by molar-refractivity contribution is 7.47. The summed E-state index contributed by atoms with van der Waals surface area (Å²) in [5.41, 5.74) is 0. The molecule has 3 unspecified atom stereocenters. The molecule has 0 aliphatic rings. The molecule has 0 heterocycles. The molecule has 3 N–H and O–H groups in total. The molecule has 0 saturated heterocycles. The molecule has 0 saturated carbocycles. The zero-order valence-corrected chi connectivity index (χ0v) is 27.7. The van der Waals surface area contributed by atoms with Gasteiger partial charge in [-0.3, -0.25) is 13.8 Å². The maximum Gasteiger partial charge on any atom is 0.472 e. The van der Waals surface area contributed by atoms with Crippen molar-refractivity contribution in [1.29, 1.82) is 0 Å². The van der Waals surface area contributed by atoms with Crippen LogP contribution in [0.5, 0.6) is 0 Å². The zero-order valence-electron chi connectivity index (χ0n) is 26.8. The summed E-state index contributed by atoms with van der Waals surface area (Å²) in [4.78, 5) is 22.6. The summed E-state index contributed by atoms with van der Waals surface area (Å²) in [5, 5.41) is 13.5. The van der Waals surface area contributed by atoms with Crippen molar-refractivity contribution in [3.63, 3.8) is 0 Å². The average Bonchev–Trinajstić information content (AvgIpc) is 2.90. The maximum absolute atomic E-state index is 12.5. The standard InChI is InChI=1S/C32H61N2O6P/c1-6-8-10-12-13-14-15-16-17-18-19-20-22-23-25-31(35)30(33-32(36)26-24-21-11-9-7-2)29-40-41(37,38)39-28-27-34(3,4)5/h14-15,18-19,23,25,30-31,35H,6-13,16-17,20-22,24,26-29H2,1-5H3,(H-,33,36,37,38)/p+1/b15-14+,19-18+,25-23+. The minimum absolute atomic E-state index is 0.0529. The molecule has 0 radical (unpaired) electrons. The Bertz CT molecular complexity index is 779. The molecular weight excluding hydrogens is 539 g/mol. The monoisotopic (exact) mass is 601 g/mol. The van der Waals surface area contributed by atoms with Crippen LogP contribution in [-0.4, -0.2) is 73.4 Å². The Morgan fingerprint density at radius 2 is 1.34 bits per heavy atom. The van der Waals surface area contributed by atoms with Gasteiger partial charge in [0.1, 0.15) is 13.2 Å². The zero-order chi connectivity index (χ0) is 30.8. The van der Waals surface area contributed by atoms with Gasteiger partial charge < -0.3 is 19.8 Å². The number of quaternary nitrogens is 1. The molecule has 0 aliphatic carbocycles. The first kappa shape index (κ1) is 39.7. The van der Waals surface area contributed by atoms with E-state index in [4.69, 9.17) is 9.05 Å². The van der Waals surface area contributed by atoms with Crippen LogP contribution in [0.25, 0.3) is 0 Å². The van der Waals surface area contributed by atoms with Crippen LogP contribution >= 0.6 is 7.82 Å². The molecule has 1 amide bonds. The number of nitrogens with one attached hydrogen (secondary N) is 1. The lowest BCUT2D eigenvalue weighted by Crippen LogP contribution is -2.45. The van der Waals surface area contributed by atoms with Gasteiger partial charge in [-0.25, -0.2) is 4.57 Å². The molecule has 240 valence electrons. The van der Waals surface area contributed by atoms with Crippen molar-refractivity contribution in [2.24, 2.45) is 0 Å². The van der Waals surface area contributed by atoms with Crippen molar-refractivity contribution in [2.45, 2.75) is 122 Å². The van der Waals surface area contributed by atoms with Crippen LogP contribution in [-0.2, 0) is 18.4 Å². The van der Waals surface area contributed by atoms with Gasteiger partial charge in [-0.1, -0.05) is 95.2 Å². The normalized spacial score (nSPS) is 15.6. The number of hydrogen-bond donors (Lipinski definition) is 3. The number of likely N-dealkylation sites (N-methyl/N-ethyl adjacent to an activating group) is 1. The third kappa shape index (κ3) is 27.3. The predicted octanol–water partition coefficient (Wildman–Crippen LogP) is 7.23. The van der Waals surface area contributed by atoms with Crippen LogP contribution in [0.15, 0.2) is 36.5 Å². The lowest BCUT2D eigenvalue weighted by molar-refractivity contribution is -0.870. The number of amides is 1. The van der Waals surface area contributed by atoms with Crippen LogP contribution in [0.1, 0.15) is 110 Å². The predicted molar refractivity (Wildman–Crippen MR) is 171 cm³/mol. The molecule has 0 aromatic rings. The minimum Gasteiger partial charge on any atom is -0.387 e. The van der Waals surface area contributed by atoms with Crippen LogP contribution in [0.3, 0.4) is 0 Å². The fourth-order valence-corrected chi connectivity index (χ4v) is 4.69. The van der Waals surface area contributed by atoms with Crippen molar-refractivity contribution in [2.75, 3.05) is 40.9 Å². The number of carbonyl (C=O) groups excluding carboxylic acids is 1. The van der Waals surface area contributed by atoms with E-state index in [1.807, 2.05) is 27.2 Å². The van der Waals surface area contributed by atoms with E-state index in [0.717, 1.165) is 57.8 Å². The van der Waals surface area contributed by atoms with Crippen molar-refractivity contribution >= 4 is 13.7 Å². The summed E-state index contributed by atoms with van der Waals surface area (Å²) in [5.74, 6) is -0.209. The third-order valence-corrected chi connectivity index (χ3v) is 7.57. The Labute approximate surface area is 251 Å². The highest BCUT2D eigenvalue weighted by atomic mass is 31.2. The van der Waals surface area contributed by atoms with E-state index < -0.39 is 20.0 Å². The van der Waals surface area contributed by atoms with E-state index in [0.29, 0.717) is 17.4 Å². The highest BCUT2D eigenvalue weighted by Crippen LogP contribution is 2.43. The van der Waals surface area contributed by atoms with E-state index in [2.05, 4.69) is 43.5 Å². The molecule has 9 heteroatoms. The van der Waals surface area contributed by atoms with Gasteiger partial charge in [0.15, 0.2) is 0 Å². The first-order valence-electron chi connectivity index (χ1n) is 15.9. The van der Waals surface area contributed by atoms with Crippen molar-refractivity contribution in [3.05, 3.63) is 36.5 Å². The smallest absolute Gasteiger partial charge is 0.387 e. The molecule has 0 fully saturated rings. The summed E-state index contributed by atoms with van der Waals surface area (Å²) in [6, 6.07) is -0.860. The Morgan fingerprint density at radius 1 is 0.805 bits per heavy atom. The minimum atomic E-state index is -4.32. The van der Waals surface area contributed by atoms with Gasteiger partial charge in [-0.2, -0.15) is 0 Å². The van der Waals surface area contributed by atoms with E-state index in [9.17, 15) is 19.4 Å². The molecule has 0 spiro atoms. The average molecular weight is 602 g/mol. The molecule has 3 atom stereocenters. The van der Waals surface area contributed by atoms with E-state index in [1.54, 1.807) is 6.08 Å². The summed E-state index contributed by atoms with van der Waals surface area (Å²) in [6.07, 6.45) is 26.7. The number of aliphatic hydroxyl groups excluding tert-OH is 1. The number of phosphoric ester groups is 1. The summed E-state index contributed by atoms with van der Waals surface area (Å²) in [7, 11) is 1.53. The third-order valence-electron chi connectivity index (χ3n) is 6.59. The van der Waals surface area contributed by atoms with Crippen molar-refractivity contribution in [3.8, 4) is 0 Å². The van der Waals surface area contributed by atoms with Crippen LogP contribution in [0.4, 0.5) is 0 Å². The lowest BCUT2D eigenvalue weighted by atomic mass is 10.1. The van der Waals surface area contributed by atoms with Gasteiger partial charge >= 0.3 is 7.82 Å². The van der Waals surface area contributed by atoms with Crippen LogP contribution in [0, 0.1) is 0 Å². The Morgan fingerprint density at radius 3 is 1.93 bits per heavy atom. The number of phosphoric acid groups is 1. The number of allylic oxidation sites excluding steroid dienone is 5. The highest BCUT2D eigenvalue weighted by Gasteiger charge is 2.27. The number of nitrogens with zero attached hydrogens (tertiary/aromatic N) is 1. The van der Waals surface area contributed by atoms with Crippen LogP contribution in [0.2, 0.25) is 0 Å². The Kier molecular flexibility index (Phi) is 24.5. The molecule has 0 bridgehead atoms. The quantitative estimate of drug-likeness (QED) is 0.0397. The summed E-state index contributed by atoms with van der Waals surface area (Å²) in [6.45, 7) is 4.62. The van der Waals surface area contributed by atoms with E-state index in [1.165, 1.54) is 32.1 Å². The second kappa shape index (κ2) is 25.2. The second-order valence-corrected chi connectivity index (χ2v) is 13.3. The number of rotatable bonds is 27. The Balaban J connectivity index is 4.67. The van der Waals surface area contributed by atoms with E-state index in [-0.39, 0.29) is 19.1 Å². The molecule has 8 nitrogen and oxygen atoms in total. The summed E-state index contributed by atoms with van der Waals surface area (Å²) < 4.78 is 23.2. The van der Waals surface area contributed by atoms with Crippen molar-refractivity contribution in [1.82, 2.24) is 5.32 Å². The molecule has 0 rings (SSSR count). The van der Waals surface area contributed by atoms with Gasteiger partial charge in [0, 0.05) is 6.42 Å². The largest absolute Gasteiger partial charge is 0.472 e. The number of carbonyl (C=O) groups is 1. The fraction of sp³-hybridized carbons (Fsp3) is 0.781. The molecular formula is C32H62N2O6P+. The molecule has 0 aromatic heterocycles. The van der Waals surface area contributed by atoms with Gasteiger partial charge in [-0.15, -0.1) is 0 Å². The van der Waals surface area contributed by atoms with Crippen molar-refractivity contribution < 1.29 is 32.9 Å². The first-order valence-corrected chi connectivity index (χ1v) is 17.4. The van der Waals surface area contributed by atoms with E-state index >= 15 is 0 Å². The molecule has 41 heavy (non-hydrogen) atoms. The maximum atomic E-state index is 12.5. The number of aliphatic hydroxyl groups is 1. The first-order chi connectivity index (χ1) is 19.5. The number of unbranched alkanes of at least 4 members (excludes halogenated alkanes) is 10. The topological polar surface area (TPSA) is 105 Å². The fourth-order valence-electron chi connectivity index (χ4n) is 3.95. The second-order valence-electron chi connectivity index (χ2n) is 11.8. The number of hydrogen-bond acceptors (Lipinski definition) is 5. The molecule has 0 aromatic carbocycles. The SMILES string of the molecule is CCCCCC/C=C/CC/C=C/CC/C=C/C(O)C(COP(=O)(O)OCC[N+](C)(C)C)NC(=O)CCCCCCC. The van der Waals surface area contributed by atoms with Gasteiger partial charge in [0.05, 0.1) is 39.9 Å². The Hall–Kier alpha value is -1.28. The van der Waals surface area contributed by atoms with Gasteiger partial charge in [0.2, 0.25) is 5.91 Å². The summed E-state index contributed by atoms with van der Waals surface area (Å²) >= 11 is 0. The van der Waals surface area contributed by atoms with Crippen LogP contribution < -0.4 is 5.32 Å². The van der Waals surface area contributed by atoms with Gasteiger partial charge in [0.25, 0.3) is 0 Å². The van der Waals surface area contributed by atoms with Gasteiger partial charge in [-0.05, 0) is 44.9 Å².